The number of carbonyl (C=O) groups is 2. The van der Waals surface area contributed by atoms with Crippen LogP contribution in [-0.4, -0.2) is 53.0 Å². The first-order valence-electron chi connectivity index (χ1n) is 9.87. The normalized spacial score (nSPS) is 15.8. The number of thioether (sulfide) groups is 1. The molecule has 8 nitrogen and oxygen atoms in total. The van der Waals surface area contributed by atoms with Gasteiger partial charge in [-0.05, 0) is 38.0 Å². The summed E-state index contributed by atoms with van der Waals surface area (Å²) in [7, 11) is 0. The van der Waals surface area contributed by atoms with E-state index in [-0.39, 0.29) is 42.4 Å². The average molecular weight is 432 g/mol. The summed E-state index contributed by atoms with van der Waals surface area (Å²) in [6, 6.07) is 4.80. The van der Waals surface area contributed by atoms with E-state index in [9.17, 15) is 14.4 Å². The van der Waals surface area contributed by atoms with Crippen LogP contribution < -0.4 is 10.9 Å². The molecule has 1 atom stereocenters. The van der Waals surface area contributed by atoms with E-state index < -0.39 is 0 Å². The molecular weight excluding hydrogens is 406 g/mol. The fourth-order valence-corrected chi connectivity index (χ4v) is 3.99. The molecule has 1 aromatic carbocycles. The maximum absolute atomic E-state index is 12.9. The van der Waals surface area contributed by atoms with Crippen molar-refractivity contribution in [2.45, 2.75) is 37.6 Å². The fourth-order valence-electron chi connectivity index (χ4n) is 3.18. The third-order valence-electron chi connectivity index (χ3n) is 4.63. The first kappa shape index (κ1) is 22.0. The second-order valence-electron chi connectivity index (χ2n) is 6.77. The van der Waals surface area contributed by atoms with E-state index in [1.54, 1.807) is 31.2 Å². The summed E-state index contributed by atoms with van der Waals surface area (Å²) in [5.74, 6) is -0.598. The molecular formula is C21H25N3O5S. The highest BCUT2D eigenvalue weighted by Gasteiger charge is 2.18. The molecule has 1 aromatic heterocycles. The Morgan fingerprint density at radius 3 is 3.00 bits per heavy atom. The summed E-state index contributed by atoms with van der Waals surface area (Å²) < 4.78 is 11.9. The van der Waals surface area contributed by atoms with E-state index >= 15 is 0 Å². The Kier molecular flexibility index (Phi) is 7.64. The monoisotopic (exact) mass is 431 g/mol. The van der Waals surface area contributed by atoms with E-state index in [1.807, 2.05) is 0 Å². The number of hydrogen-bond acceptors (Lipinski definition) is 7. The molecule has 2 heterocycles. The van der Waals surface area contributed by atoms with E-state index in [0.717, 1.165) is 31.2 Å². The molecule has 1 saturated heterocycles. The second kappa shape index (κ2) is 10.4. The van der Waals surface area contributed by atoms with Crippen LogP contribution in [0.1, 0.15) is 30.1 Å². The maximum Gasteiger partial charge on any atom is 0.316 e. The van der Waals surface area contributed by atoms with Crippen molar-refractivity contribution in [3.8, 4) is 0 Å². The SMILES string of the molecule is C=CCn1c(SCC(=O)OCC)nc2cc(C(=O)NC[C@H]3CCCO3)ccc2c1=O. The van der Waals surface area contributed by atoms with Crippen LogP contribution in [-0.2, 0) is 20.8 Å². The van der Waals surface area contributed by atoms with Crippen LogP contribution in [0, 0.1) is 0 Å². The van der Waals surface area contributed by atoms with Gasteiger partial charge in [0.1, 0.15) is 0 Å². The van der Waals surface area contributed by atoms with Crippen molar-refractivity contribution in [3.63, 3.8) is 0 Å². The topological polar surface area (TPSA) is 99.5 Å². The molecule has 1 amide bonds. The molecule has 160 valence electrons. The molecule has 1 fully saturated rings. The number of nitrogens with one attached hydrogen (secondary N) is 1. The number of esters is 1. The molecule has 0 radical (unpaired) electrons. The minimum absolute atomic E-state index is 0.0322. The van der Waals surface area contributed by atoms with Crippen molar-refractivity contribution in [1.82, 2.24) is 14.9 Å². The number of carbonyl (C=O) groups excluding carboxylic acids is 2. The number of aromatic nitrogens is 2. The number of rotatable bonds is 9. The van der Waals surface area contributed by atoms with Crippen LogP contribution in [0.5, 0.6) is 0 Å². The highest BCUT2D eigenvalue weighted by Crippen LogP contribution is 2.19. The van der Waals surface area contributed by atoms with Crippen LogP contribution in [0.4, 0.5) is 0 Å². The Hall–Kier alpha value is -2.65. The lowest BCUT2D eigenvalue weighted by Crippen LogP contribution is -2.31. The first-order chi connectivity index (χ1) is 14.5. The number of allylic oxidation sites excluding steroid dienone is 1. The van der Waals surface area contributed by atoms with Crippen molar-refractivity contribution in [1.29, 1.82) is 0 Å². The number of ether oxygens (including phenoxy) is 2. The van der Waals surface area contributed by atoms with Gasteiger partial charge < -0.3 is 14.8 Å². The van der Waals surface area contributed by atoms with Gasteiger partial charge in [0, 0.05) is 25.3 Å². The standard InChI is InChI=1S/C21H25N3O5S/c1-3-9-24-20(27)16-8-7-14(19(26)22-12-15-6-5-10-29-15)11-17(16)23-21(24)30-13-18(25)28-4-2/h3,7-8,11,15H,1,4-6,9-10,12-13H2,2H3,(H,22,26)/t15-/m1/s1. The van der Waals surface area contributed by atoms with Gasteiger partial charge in [0.25, 0.3) is 11.5 Å². The maximum atomic E-state index is 12.9. The predicted molar refractivity (Wildman–Crippen MR) is 115 cm³/mol. The number of nitrogens with zero attached hydrogens (tertiary/aromatic N) is 2. The average Bonchev–Trinajstić information content (AvgIpc) is 3.26. The zero-order valence-corrected chi connectivity index (χ0v) is 17.7. The van der Waals surface area contributed by atoms with Gasteiger partial charge in [-0.1, -0.05) is 17.8 Å². The van der Waals surface area contributed by atoms with E-state index in [4.69, 9.17) is 9.47 Å². The quantitative estimate of drug-likeness (QED) is 0.281. The molecule has 9 heteroatoms. The van der Waals surface area contributed by atoms with Crippen molar-refractivity contribution >= 4 is 34.5 Å². The molecule has 0 unspecified atom stereocenters. The van der Waals surface area contributed by atoms with Gasteiger partial charge in [-0.15, -0.1) is 6.58 Å². The van der Waals surface area contributed by atoms with E-state index in [1.165, 1.54) is 4.57 Å². The molecule has 30 heavy (non-hydrogen) atoms. The molecule has 0 aliphatic carbocycles. The van der Waals surface area contributed by atoms with Gasteiger partial charge >= 0.3 is 5.97 Å². The third kappa shape index (κ3) is 5.28. The van der Waals surface area contributed by atoms with Gasteiger partial charge in [0.2, 0.25) is 0 Å². The molecule has 0 saturated carbocycles. The Morgan fingerprint density at radius 1 is 1.47 bits per heavy atom. The third-order valence-corrected chi connectivity index (χ3v) is 5.58. The second-order valence-corrected chi connectivity index (χ2v) is 7.71. The Bertz CT molecular complexity index is 998. The highest BCUT2D eigenvalue weighted by molar-refractivity contribution is 7.99. The van der Waals surface area contributed by atoms with Crippen molar-refractivity contribution in [2.24, 2.45) is 0 Å². The lowest BCUT2D eigenvalue weighted by molar-refractivity contribution is -0.139. The van der Waals surface area contributed by atoms with Gasteiger partial charge in [0.05, 0.1) is 29.4 Å². The van der Waals surface area contributed by atoms with Gasteiger partial charge in [0.15, 0.2) is 5.16 Å². The van der Waals surface area contributed by atoms with Crippen molar-refractivity contribution in [2.75, 3.05) is 25.5 Å². The molecule has 0 bridgehead atoms. The summed E-state index contributed by atoms with van der Waals surface area (Å²) in [5, 5.41) is 3.63. The Labute approximate surface area is 178 Å². The zero-order chi connectivity index (χ0) is 21.5. The molecule has 2 aromatic rings. The van der Waals surface area contributed by atoms with Crippen LogP contribution >= 0.6 is 11.8 Å². The summed E-state index contributed by atoms with van der Waals surface area (Å²) >= 11 is 1.12. The van der Waals surface area contributed by atoms with Crippen molar-refractivity contribution < 1.29 is 19.1 Å². The predicted octanol–water partition coefficient (Wildman–Crippen LogP) is 2.15. The van der Waals surface area contributed by atoms with E-state index in [2.05, 4.69) is 16.9 Å². The van der Waals surface area contributed by atoms with Crippen LogP contribution in [0.3, 0.4) is 0 Å². The van der Waals surface area contributed by atoms with Gasteiger partial charge in [-0.3, -0.25) is 19.0 Å². The largest absolute Gasteiger partial charge is 0.465 e. The summed E-state index contributed by atoms with van der Waals surface area (Å²) in [4.78, 5) is 41.7. The minimum Gasteiger partial charge on any atom is -0.465 e. The molecule has 0 spiro atoms. The number of amides is 1. The molecule has 1 N–H and O–H groups in total. The van der Waals surface area contributed by atoms with Gasteiger partial charge in [-0.25, -0.2) is 4.98 Å². The van der Waals surface area contributed by atoms with Crippen LogP contribution in [0.15, 0.2) is 40.8 Å². The lowest BCUT2D eigenvalue weighted by atomic mass is 10.1. The summed E-state index contributed by atoms with van der Waals surface area (Å²) in [5.41, 5.74) is 0.559. The van der Waals surface area contributed by atoms with E-state index in [0.29, 0.717) is 28.2 Å². The van der Waals surface area contributed by atoms with Crippen LogP contribution in [0.2, 0.25) is 0 Å². The molecule has 1 aliphatic rings. The highest BCUT2D eigenvalue weighted by atomic mass is 32.2. The molecule has 1 aliphatic heterocycles. The lowest BCUT2D eigenvalue weighted by Gasteiger charge is -2.13. The Balaban J connectivity index is 1.86. The Morgan fingerprint density at radius 2 is 2.30 bits per heavy atom. The van der Waals surface area contributed by atoms with Crippen LogP contribution in [0.25, 0.3) is 10.9 Å². The number of fused-ring (bicyclic) bond motifs is 1. The molecule has 3 rings (SSSR count). The van der Waals surface area contributed by atoms with Gasteiger partial charge in [-0.2, -0.15) is 0 Å². The zero-order valence-electron chi connectivity index (χ0n) is 16.9. The number of benzene rings is 1. The first-order valence-corrected chi connectivity index (χ1v) is 10.9. The summed E-state index contributed by atoms with van der Waals surface area (Å²) in [6.07, 6.45) is 3.58. The minimum atomic E-state index is -0.385. The summed E-state index contributed by atoms with van der Waals surface area (Å²) in [6.45, 7) is 7.14. The van der Waals surface area contributed by atoms with Crippen molar-refractivity contribution in [3.05, 3.63) is 46.8 Å². The number of hydrogen-bond donors (Lipinski definition) is 1. The smallest absolute Gasteiger partial charge is 0.316 e. The fraction of sp³-hybridized carbons (Fsp3) is 0.429.